The Morgan fingerprint density at radius 2 is 1.93 bits per heavy atom. The lowest BCUT2D eigenvalue weighted by molar-refractivity contribution is -0.136. The number of nitrogens with zero attached hydrogens (tertiary/aromatic N) is 2. The minimum atomic E-state index is -3.58. The number of para-hydroxylation sites is 1. The molecule has 2 unspecified atom stereocenters. The molecule has 2 N–H and O–H groups in total. The molecule has 0 amide bonds. The molecule has 4 rings (SSSR count). The molecule has 0 spiro atoms. The molecule has 148 valence electrons. The predicted octanol–water partition coefficient (Wildman–Crippen LogP) is 2.36. The van der Waals surface area contributed by atoms with Crippen LogP contribution in [0.25, 0.3) is 0 Å². The van der Waals surface area contributed by atoms with Crippen LogP contribution in [0.1, 0.15) is 37.2 Å². The molecule has 3 atom stereocenters. The molecule has 1 aliphatic heterocycles. The minimum Gasteiger partial charge on any atom is -0.481 e. The molecule has 1 aromatic carbocycles. The summed E-state index contributed by atoms with van der Waals surface area (Å²) in [6.45, 7) is 0.473. The van der Waals surface area contributed by atoms with Crippen molar-refractivity contribution in [3.05, 3.63) is 54.4 Å². The number of carboxylic acid groups (broad SMARTS) is 1. The monoisotopic (exact) mass is 401 g/mol. The molecular weight excluding hydrogens is 378 g/mol. The Bertz CT molecular complexity index is 964. The third kappa shape index (κ3) is 3.62. The Hall–Kier alpha value is -2.45. The van der Waals surface area contributed by atoms with Crippen molar-refractivity contribution in [1.29, 1.82) is 0 Å². The first-order valence-corrected chi connectivity index (χ1v) is 10.9. The second-order valence-electron chi connectivity index (χ2n) is 7.38. The van der Waals surface area contributed by atoms with Gasteiger partial charge in [0, 0.05) is 42.6 Å². The normalized spacial score (nSPS) is 23.9. The van der Waals surface area contributed by atoms with Crippen LogP contribution in [0.2, 0.25) is 0 Å². The Labute approximate surface area is 164 Å². The molecule has 1 aliphatic carbocycles. The van der Waals surface area contributed by atoms with Crippen LogP contribution < -0.4 is 9.62 Å². The molecule has 2 heterocycles. The zero-order valence-corrected chi connectivity index (χ0v) is 16.2. The van der Waals surface area contributed by atoms with Crippen LogP contribution in [-0.2, 0) is 14.8 Å². The highest BCUT2D eigenvalue weighted by Gasteiger charge is 2.42. The number of carbonyl (C=O) groups is 1. The summed E-state index contributed by atoms with van der Waals surface area (Å²) in [7, 11) is -3.58. The second kappa shape index (κ2) is 7.52. The maximum absolute atomic E-state index is 12.7. The number of rotatable bonds is 6. The number of sulfonamides is 1. The second-order valence-corrected chi connectivity index (χ2v) is 9.10. The van der Waals surface area contributed by atoms with Gasteiger partial charge in [-0.1, -0.05) is 18.2 Å². The molecule has 2 aliphatic rings. The maximum atomic E-state index is 12.7. The zero-order chi connectivity index (χ0) is 19.7. The van der Waals surface area contributed by atoms with Crippen molar-refractivity contribution in [3.8, 4) is 0 Å². The van der Waals surface area contributed by atoms with Gasteiger partial charge in [-0.15, -0.1) is 0 Å². The minimum absolute atomic E-state index is 0.0929. The summed E-state index contributed by atoms with van der Waals surface area (Å²) < 4.78 is 28.2. The lowest BCUT2D eigenvalue weighted by Gasteiger charge is -2.37. The highest BCUT2D eigenvalue weighted by atomic mass is 32.2. The molecule has 2 aromatic rings. The quantitative estimate of drug-likeness (QED) is 0.771. The molecule has 1 saturated carbocycles. The van der Waals surface area contributed by atoms with Gasteiger partial charge in [-0.3, -0.25) is 9.78 Å². The summed E-state index contributed by atoms with van der Waals surface area (Å²) in [6.07, 6.45) is 5.29. The number of aliphatic carboxylic acids is 1. The van der Waals surface area contributed by atoms with Gasteiger partial charge in [0.25, 0.3) is 0 Å². The van der Waals surface area contributed by atoms with Crippen molar-refractivity contribution in [3.63, 3.8) is 0 Å². The fourth-order valence-electron chi connectivity index (χ4n) is 4.52. The number of nitrogens with one attached hydrogen (secondary N) is 1. The fourth-order valence-corrected chi connectivity index (χ4v) is 5.79. The summed E-state index contributed by atoms with van der Waals surface area (Å²) >= 11 is 0. The molecule has 1 aromatic heterocycles. The van der Waals surface area contributed by atoms with E-state index in [0.29, 0.717) is 13.0 Å². The maximum Gasteiger partial charge on any atom is 0.305 e. The van der Waals surface area contributed by atoms with E-state index in [0.717, 1.165) is 18.5 Å². The highest BCUT2D eigenvalue weighted by Crippen LogP contribution is 2.47. The first kappa shape index (κ1) is 18.9. The van der Waals surface area contributed by atoms with Crippen molar-refractivity contribution in [2.75, 3.05) is 11.4 Å². The molecular formula is C20H23N3O4S. The smallest absolute Gasteiger partial charge is 0.305 e. The van der Waals surface area contributed by atoms with E-state index in [9.17, 15) is 13.2 Å². The molecule has 8 heteroatoms. The van der Waals surface area contributed by atoms with E-state index >= 15 is 0 Å². The summed E-state index contributed by atoms with van der Waals surface area (Å²) in [6, 6.07) is 11.1. The number of hydrogen-bond donors (Lipinski definition) is 2. The van der Waals surface area contributed by atoms with Gasteiger partial charge in [0.2, 0.25) is 10.0 Å². The summed E-state index contributed by atoms with van der Waals surface area (Å²) in [5.74, 6) is -0.608. The molecule has 1 fully saturated rings. The average Bonchev–Trinajstić information content (AvgIpc) is 3.00. The van der Waals surface area contributed by atoms with Crippen molar-refractivity contribution in [1.82, 2.24) is 9.71 Å². The third-order valence-corrected chi connectivity index (χ3v) is 7.24. The van der Waals surface area contributed by atoms with Crippen LogP contribution in [0.4, 0.5) is 5.69 Å². The number of fused-ring (bicyclic) bond motifs is 3. The van der Waals surface area contributed by atoms with Crippen molar-refractivity contribution >= 4 is 21.7 Å². The number of hydrogen-bond acceptors (Lipinski definition) is 5. The Morgan fingerprint density at radius 3 is 2.68 bits per heavy atom. The van der Waals surface area contributed by atoms with E-state index in [2.05, 4.69) is 20.7 Å². The van der Waals surface area contributed by atoms with Crippen LogP contribution in [0.3, 0.4) is 0 Å². The summed E-state index contributed by atoms with van der Waals surface area (Å²) in [4.78, 5) is 17.4. The van der Waals surface area contributed by atoms with Crippen LogP contribution in [0.15, 0.2) is 53.7 Å². The van der Waals surface area contributed by atoms with Crippen LogP contribution >= 0.6 is 0 Å². The Morgan fingerprint density at radius 1 is 1.18 bits per heavy atom. The van der Waals surface area contributed by atoms with Gasteiger partial charge >= 0.3 is 5.97 Å². The number of carboxylic acids is 1. The van der Waals surface area contributed by atoms with Gasteiger partial charge in [-0.2, -0.15) is 0 Å². The number of pyridine rings is 1. The lowest BCUT2D eigenvalue weighted by atomic mass is 9.80. The van der Waals surface area contributed by atoms with Crippen LogP contribution in [0.5, 0.6) is 0 Å². The van der Waals surface area contributed by atoms with Gasteiger partial charge in [0.15, 0.2) is 0 Å². The molecule has 0 bridgehead atoms. The Balaban J connectivity index is 1.53. The van der Waals surface area contributed by atoms with E-state index < -0.39 is 16.0 Å². The predicted molar refractivity (Wildman–Crippen MR) is 105 cm³/mol. The number of benzene rings is 1. The molecule has 0 saturated heterocycles. The van der Waals surface area contributed by atoms with Gasteiger partial charge in [-0.25, -0.2) is 13.1 Å². The van der Waals surface area contributed by atoms with Gasteiger partial charge in [-0.05, 0) is 43.0 Å². The van der Waals surface area contributed by atoms with Crippen molar-refractivity contribution in [2.24, 2.45) is 0 Å². The third-order valence-electron chi connectivity index (χ3n) is 5.71. The average molecular weight is 401 g/mol. The fraction of sp³-hybridized carbons (Fsp3) is 0.400. The van der Waals surface area contributed by atoms with Crippen LogP contribution in [-0.4, -0.2) is 43.1 Å². The summed E-state index contributed by atoms with van der Waals surface area (Å²) in [5, 5.41) is 9.09. The summed E-state index contributed by atoms with van der Waals surface area (Å²) in [5.41, 5.74) is 2.27. The van der Waals surface area contributed by atoms with E-state index in [1.807, 2.05) is 18.2 Å². The van der Waals surface area contributed by atoms with Gasteiger partial charge in [0.05, 0.1) is 11.3 Å². The Kier molecular flexibility index (Phi) is 5.07. The molecule has 7 nitrogen and oxygen atoms in total. The van der Waals surface area contributed by atoms with E-state index in [4.69, 9.17) is 5.11 Å². The largest absolute Gasteiger partial charge is 0.481 e. The van der Waals surface area contributed by atoms with Crippen LogP contribution in [0, 0.1) is 0 Å². The lowest BCUT2D eigenvalue weighted by Crippen LogP contribution is -2.45. The molecule has 28 heavy (non-hydrogen) atoms. The highest BCUT2D eigenvalue weighted by molar-refractivity contribution is 7.89. The topological polar surface area (TPSA) is 99.6 Å². The zero-order valence-electron chi connectivity index (χ0n) is 15.4. The number of anilines is 1. The SMILES string of the molecule is O=C(O)CCN1c2ccccc2C2C[C@@H](NS(=O)(=O)c3ccncc3)CCC21. The van der Waals surface area contributed by atoms with Crippen molar-refractivity contribution in [2.45, 2.75) is 48.6 Å². The van der Waals surface area contributed by atoms with Gasteiger partial charge < -0.3 is 10.0 Å². The first-order valence-electron chi connectivity index (χ1n) is 9.45. The number of aromatic nitrogens is 1. The van der Waals surface area contributed by atoms with E-state index in [1.165, 1.54) is 30.1 Å². The molecule has 0 radical (unpaired) electrons. The first-order chi connectivity index (χ1) is 13.5. The van der Waals surface area contributed by atoms with E-state index in [-0.39, 0.29) is 29.3 Å². The van der Waals surface area contributed by atoms with E-state index in [1.54, 1.807) is 0 Å². The standard InChI is InChI=1S/C20H23N3O4S/c24-20(25)9-12-23-18-4-2-1-3-16(18)17-13-14(5-6-19(17)23)22-28(26,27)15-7-10-21-11-8-15/h1-4,7-8,10-11,14,17,19,22H,5-6,9,12-13H2,(H,24,25)/t14-,17?,19?/m0/s1. The van der Waals surface area contributed by atoms with Gasteiger partial charge in [0.1, 0.15) is 0 Å². The van der Waals surface area contributed by atoms with Crippen molar-refractivity contribution < 1.29 is 18.3 Å².